The normalized spacial score (nSPS) is 24.1. The zero-order chi connectivity index (χ0) is 17.3. The van der Waals surface area contributed by atoms with E-state index in [4.69, 9.17) is 11.6 Å². The predicted octanol–water partition coefficient (Wildman–Crippen LogP) is 2.07. The van der Waals surface area contributed by atoms with Crippen LogP contribution in [0.15, 0.2) is 23.2 Å². The van der Waals surface area contributed by atoms with Crippen molar-refractivity contribution in [3.05, 3.63) is 34.6 Å². The van der Waals surface area contributed by atoms with Crippen LogP contribution in [0.2, 0.25) is 5.02 Å². The number of halogens is 2. The molecule has 0 aromatic heterocycles. The summed E-state index contributed by atoms with van der Waals surface area (Å²) in [4.78, 5) is 19.7. The number of nitrogens with zero attached hydrogens (tertiary/aromatic N) is 3. The van der Waals surface area contributed by atoms with E-state index in [9.17, 15) is 9.18 Å². The monoisotopic (exact) mass is 352 g/mol. The molecule has 2 unspecified atom stereocenters. The maximum Gasteiger partial charge on any atom is 0.219 e. The van der Waals surface area contributed by atoms with Crippen LogP contribution in [0.3, 0.4) is 0 Å². The predicted molar refractivity (Wildman–Crippen MR) is 92.9 cm³/mol. The summed E-state index contributed by atoms with van der Waals surface area (Å²) in [6.07, 6.45) is 0.840. The van der Waals surface area contributed by atoms with Crippen LogP contribution in [0.1, 0.15) is 24.8 Å². The summed E-state index contributed by atoms with van der Waals surface area (Å²) < 4.78 is 14.0. The molecular formula is C17H22ClFN4O. The molecule has 1 saturated carbocycles. The molecule has 1 aliphatic carbocycles. The van der Waals surface area contributed by atoms with E-state index in [-0.39, 0.29) is 23.7 Å². The van der Waals surface area contributed by atoms with Crippen molar-refractivity contribution >= 4 is 23.5 Å². The third kappa shape index (κ3) is 3.48. The molecule has 2 aliphatic rings. The van der Waals surface area contributed by atoms with E-state index in [1.54, 1.807) is 26.1 Å². The number of hydrogen-bond acceptors (Lipinski definition) is 2. The Hall–Kier alpha value is -1.82. The number of carbonyl (C=O) groups excluding carboxylic acids is 1. The van der Waals surface area contributed by atoms with Crippen LogP contribution >= 0.6 is 11.6 Å². The Balaban J connectivity index is 1.59. The van der Waals surface area contributed by atoms with Gasteiger partial charge in [-0.2, -0.15) is 0 Å². The Kier molecular flexibility index (Phi) is 4.94. The second-order valence-electron chi connectivity index (χ2n) is 6.27. The van der Waals surface area contributed by atoms with Gasteiger partial charge in [0.2, 0.25) is 5.91 Å². The first kappa shape index (κ1) is 17.0. The third-order valence-corrected chi connectivity index (χ3v) is 5.04. The summed E-state index contributed by atoms with van der Waals surface area (Å²) in [5.41, 5.74) is 0.591. The first-order valence-corrected chi connectivity index (χ1v) is 8.56. The van der Waals surface area contributed by atoms with Crippen molar-refractivity contribution in [1.29, 1.82) is 0 Å². The molecule has 2 atom stereocenters. The number of aliphatic imine (C=N–C) groups is 1. The molecule has 1 heterocycles. The highest BCUT2D eigenvalue weighted by molar-refractivity contribution is 6.31. The Labute approximate surface area is 146 Å². The van der Waals surface area contributed by atoms with Crippen molar-refractivity contribution in [2.75, 3.05) is 33.2 Å². The Bertz CT molecular complexity index is 638. The van der Waals surface area contributed by atoms with Gasteiger partial charge in [-0.05, 0) is 18.6 Å². The van der Waals surface area contributed by atoms with Gasteiger partial charge >= 0.3 is 0 Å². The van der Waals surface area contributed by atoms with E-state index in [1.807, 2.05) is 4.90 Å². The molecule has 0 radical (unpaired) electrons. The molecule has 130 valence electrons. The average Bonchev–Trinajstić information content (AvgIpc) is 3.31. The SMILES string of the molecule is CN=C(NC1CC1c1c(F)cccc1Cl)N1CCN(C(C)=O)CC1. The van der Waals surface area contributed by atoms with Gasteiger partial charge in [-0.25, -0.2) is 4.39 Å². The van der Waals surface area contributed by atoms with Gasteiger partial charge in [0, 0.05) is 62.7 Å². The summed E-state index contributed by atoms with van der Waals surface area (Å²) in [6, 6.07) is 4.95. The fraction of sp³-hybridized carbons (Fsp3) is 0.529. The van der Waals surface area contributed by atoms with Crippen LogP contribution in [0.5, 0.6) is 0 Å². The molecule has 1 aromatic rings. The van der Waals surface area contributed by atoms with Gasteiger partial charge in [-0.3, -0.25) is 9.79 Å². The van der Waals surface area contributed by atoms with Crippen LogP contribution in [-0.2, 0) is 4.79 Å². The number of guanidine groups is 1. The Morgan fingerprint density at radius 3 is 2.54 bits per heavy atom. The zero-order valence-electron chi connectivity index (χ0n) is 13.9. The molecule has 0 bridgehead atoms. The smallest absolute Gasteiger partial charge is 0.219 e. The topological polar surface area (TPSA) is 47.9 Å². The lowest BCUT2D eigenvalue weighted by molar-refractivity contribution is -0.130. The van der Waals surface area contributed by atoms with Gasteiger partial charge in [-0.15, -0.1) is 0 Å². The van der Waals surface area contributed by atoms with Crippen LogP contribution in [0.25, 0.3) is 0 Å². The van der Waals surface area contributed by atoms with Crippen molar-refractivity contribution in [2.24, 2.45) is 4.99 Å². The van der Waals surface area contributed by atoms with Gasteiger partial charge in [0.1, 0.15) is 5.82 Å². The molecule has 0 spiro atoms. The van der Waals surface area contributed by atoms with Gasteiger partial charge in [0.05, 0.1) is 0 Å². The number of carbonyl (C=O) groups is 1. The second kappa shape index (κ2) is 6.97. The van der Waals surface area contributed by atoms with Crippen LogP contribution in [-0.4, -0.2) is 60.9 Å². The maximum atomic E-state index is 14.0. The molecule has 1 aromatic carbocycles. The quantitative estimate of drug-likeness (QED) is 0.655. The lowest BCUT2D eigenvalue weighted by atomic mass is 10.1. The molecule has 24 heavy (non-hydrogen) atoms. The van der Waals surface area contributed by atoms with Crippen molar-refractivity contribution in [2.45, 2.75) is 25.3 Å². The van der Waals surface area contributed by atoms with E-state index in [0.717, 1.165) is 25.5 Å². The minimum atomic E-state index is -0.248. The van der Waals surface area contributed by atoms with Gasteiger partial charge in [-0.1, -0.05) is 17.7 Å². The highest BCUT2D eigenvalue weighted by Gasteiger charge is 2.42. The molecule has 1 saturated heterocycles. The minimum absolute atomic E-state index is 0.0777. The molecule has 1 aliphatic heterocycles. The average molecular weight is 353 g/mol. The van der Waals surface area contributed by atoms with Crippen molar-refractivity contribution in [3.63, 3.8) is 0 Å². The van der Waals surface area contributed by atoms with Gasteiger partial charge in [0.15, 0.2) is 5.96 Å². The number of nitrogens with one attached hydrogen (secondary N) is 1. The second-order valence-corrected chi connectivity index (χ2v) is 6.68. The third-order valence-electron chi connectivity index (χ3n) is 4.71. The van der Waals surface area contributed by atoms with Gasteiger partial charge in [0.25, 0.3) is 0 Å². The van der Waals surface area contributed by atoms with Crippen LogP contribution in [0, 0.1) is 5.82 Å². The fourth-order valence-electron chi connectivity index (χ4n) is 3.23. The van der Waals surface area contributed by atoms with E-state index in [2.05, 4.69) is 15.2 Å². The maximum absolute atomic E-state index is 14.0. The van der Waals surface area contributed by atoms with E-state index < -0.39 is 0 Å². The first-order chi connectivity index (χ1) is 11.5. The number of piperazine rings is 1. The van der Waals surface area contributed by atoms with Gasteiger partial charge < -0.3 is 15.1 Å². The Morgan fingerprint density at radius 1 is 1.29 bits per heavy atom. The number of rotatable bonds is 2. The lowest BCUT2D eigenvalue weighted by Crippen LogP contribution is -2.53. The largest absolute Gasteiger partial charge is 0.353 e. The molecule has 2 fully saturated rings. The molecule has 3 rings (SSSR count). The van der Waals surface area contributed by atoms with Crippen molar-refractivity contribution in [1.82, 2.24) is 15.1 Å². The summed E-state index contributed by atoms with van der Waals surface area (Å²) in [6.45, 7) is 4.48. The summed E-state index contributed by atoms with van der Waals surface area (Å²) in [5.74, 6) is 0.739. The van der Waals surface area contributed by atoms with Crippen LogP contribution in [0.4, 0.5) is 4.39 Å². The molecule has 1 N–H and O–H groups in total. The summed E-state index contributed by atoms with van der Waals surface area (Å²) in [7, 11) is 1.74. The number of benzene rings is 1. The standard InChI is InChI=1S/C17H22ClFN4O/c1-11(24)22-6-8-23(9-7-22)17(20-2)21-15-10-12(15)16-13(18)4-3-5-14(16)19/h3-5,12,15H,6-10H2,1-2H3,(H,20,21). The number of hydrogen-bond donors (Lipinski definition) is 1. The first-order valence-electron chi connectivity index (χ1n) is 8.19. The van der Waals surface area contributed by atoms with Crippen molar-refractivity contribution in [3.8, 4) is 0 Å². The fourth-order valence-corrected chi connectivity index (χ4v) is 3.54. The summed E-state index contributed by atoms with van der Waals surface area (Å²) >= 11 is 6.15. The molecule has 7 heteroatoms. The summed E-state index contributed by atoms with van der Waals surface area (Å²) in [5, 5.41) is 3.89. The Morgan fingerprint density at radius 2 is 1.96 bits per heavy atom. The van der Waals surface area contributed by atoms with E-state index in [0.29, 0.717) is 23.7 Å². The molecule has 5 nitrogen and oxygen atoms in total. The molecular weight excluding hydrogens is 331 g/mol. The lowest BCUT2D eigenvalue weighted by Gasteiger charge is -2.36. The minimum Gasteiger partial charge on any atom is -0.353 e. The highest BCUT2D eigenvalue weighted by Crippen LogP contribution is 2.44. The number of amides is 1. The highest BCUT2D eigenvalue weighted by atomic mass is 35.5. The van der Waals surface area contributed by atoms with Crippen molar-refractivity contribution < 1.29 is 9.18 Å². The molecule has 1 amide bonds. The zero-order valence-corrected chi connectivity index (χ0v) is 14.7. The van der Waals surface area contributed by atoms with Crippen LogP contribution < -0.4 is 5.32 Å². The van der Waals surface area contributed by atoms with E-state index >= 15 is 0 Å². The van der Waals surface area contributed by atoms with E-state index in [1.165, 1.54) is 6.07 Å².